The molecule has 4 rings (SSSR count). The summed E-state index contributed by atoms with van der Waals surface area (Å²) in [7, 11) is 1.62. The molecule has 31 heavy (non-hydrogen) atoms. The maximum Gasteiger partial charge on any atom is 0.407 e. The summed E-state index contributed by atoms with van der Waals surface area (Å²) < 4.78 is 10.7. The van der Waals surface area contributed by atoms with Crippen LogP contribution >= 0.6 is 0 Å². The zero-order chi connectivity index (χ0) is 21.6. The number of aliphatic hydroxyl groups excluding tert-OH is 1. The van der Waals surface area contributed by atoms with E-state index in [1.165, 1.54) is 0 Å². The molecule has 3 aromatic rings. The third-order valence-electron chi connectivity index (χ3n) is 5.39. The predicted molar refractivity (Wildman–Crippen MR) is 116 cm³/mol. The molecule has 2 aromatic carbocycles. The third-order valence-corrected chi connectivity index (χ3v) is 5.39. The average molecular weight is 422 g/mol. The molecule has 1 aliphatic heterocycles. The van der Waals surface area contributed by atoms with E-state index in [1.807, 2.05) is 48.5 Å². The molecule has 0 radical (unpaired) electrons. The number of methoxy groups -OCH3 is 1. The molecule has 3 atom stereocenters. The van der Waals surface area contributed by atoms with E-state index in [0.29, 0.717) is 19.5 Å². The number of nitrogens with one attached hydrogen (secondary N) is 3. The Balaban J connectivity index is 1.30. The quantitative estimate of drug-likeness (QED) is 0.465. The number of ether oxygens (including phenoxy) is 2. The Morgan fingerprint density at radius 1 is 1.16 bits per heavy atom. The number of benzene rings is 2. The average Bonchev–Trinajstić information content (AvgIpc) is 3.45. The molecule has 0 bridgehead atoms. The Morgan fingerprint density at radius 3 is 2.58 bits per heavy atom. The number of nitrogens with zero attached hydrogens (tertiary/aromatic N) is 1. The molecule has 1 amide bonds. The second kappa shape index (κ2) is 9.63. The van der Waals surface area contributed by atoms with E-state index in [1.54, 1.807) is 19.5 Å². The first kappa shape index (κ1) is 20.9. The summed E-state index contributed by atoms with van der Waals surface area (Å²) in [5.41, 5.74) is 2.98. The lowest BCUT2D eigenvalue weighted by atomic mass is 10.0. The minimum absolute atomic E-state index is 0.165. The number of imidazole rings is 1. The molecule has 1 fully saturated rings. The molecule has 0 aliphatic carbocycles. The lowest BCUT2D eigenvalue weighted by Crippen LogP contribution is -2.41. The second-order valence-electron chi connectivity index (χ2n) is 7.49. The van der Waals surface area contributed by atoms with Crippen LogP contribution in [-0.2, 0) is 17.7 Å². The van der Waals surface area contributed by atoms with Crippen LogP contribution in [0.25, 0.3) is 11.4 Å². The summed E-state index contributed by atoms with van der Waals surface area (Å²) in [5.74, 6) is 1.58. The van der Waals surface area contributed by atoms with Crippen molar-refractivity contribution in [3.8, 4) is 17.1 Å². The van der Waals surface area contributed by atoms with Crippen molar-refractivity contribution in [3.63, 3.8) is 0 Å². The summed E-state index contributed by atoms with van der Waals surface area (Å²) >= 11 is 0. The number of amides is 1. The van der Waals surface area contributed by atoms with Crippen molar-refractivity contribution in [2.24, 2.45) is 0 Å². The van der Waals surface area contributed by atoms with Crippen molar-refractivity contribution >= 4 is 6.09 Å². The number of aliphatic hydroxyl groups is 1. The highest BCUT2D eigenvalue weighted by Crippen LogP contribution is 2.20. The van der Waals surface area contributed by atoms with Gasteiger partial charge in [0.2, 0.25) is 0 Å². The van der Waals surface area contributed by atoms with Gasteiger partial charge in [-0.1, -0.05) is 36.4 Å². The molecule has 1 saturated heterocycles. The number of rotatable bonds is 7. The number of aromatic nitrogens is 2. The van der Waals surface area contributed by atoms with E-state index in [9.17, 15) is 9.90 Å². The fourth-order valence-corrected chi connectivity index (χ4v) is 3.68. The monoisotopic (exact) mass is 422 g/mol. The third kappa shape index (κ3) is 5.22. The molecule has 1 aliphatic rings. The van der Waals surface area contributed by atoms with Gasteiger partial charge in [0.15, 0.2) is 0 Å². The summed E-state index contributed by atoms with van der Waals surface area (Å²) in [4.78, 5) is 19.6. The molecule has 2 heterocycles. The zero-order valence-corrected chi connectivity index (χ0v) is 17.2. The van der Waals surface area contributed by atoms with Gasteiger partial charge in [0.05, 0.1) is 13.2 Å². The first-order valence-corrected chi connectivity index (χ1v) is 10.2. The Hall–Kier alpha value is -3.36. The normalized spacial score (nSPS) is 20.4. The van der Waals surface area contributed by atoms with Gasteiger partial charge in [-0.2, -0.15) is 0 Å². The molecule has 0 unspecified atom stereocenters. The van der Waals surface area contributed by atoms with Crippen LogP contribution < -0.4 is 15.4 Å². The van der Waals surface area contributed by atoms with Crippen molar-refractivity contribution in [2.45, 2.75) is 31.2 Å². The van der Waals surface area contributed by atoms with Crippen LogP contribution in [0.5, 0.6) is 5.75 Å². The fraction of sp³-hybridized carbons (Fsp3) is 0.304. The summed E-state index contributed by atoms with van der Waals surface area (Å²) in [5, 5.41) is 16.3. The first-order chi connectivity index (χ1) is 15.1. The highest BCUT2D eigenvalue weighted by Gasteiger charge is 2.37. The van der Waals surface area contributed by atoms with Crippen LogP contribution in [0.4, 0.5) is 4.79 Å². The zero-order valence-electron chi connectivity index (χ0n) is 17.2. The number of hydrogen-bond donors (Lipinski definition) is 4. The molecule has 0 saturated carbocycles. The Labute approximate surface area is 180 Å². The van der Waals surface area contributed by atoms with Gasteiger partial charge in [0.25, 0.3) is 0 Å². The number of alkyl carbamates (subject to hydrolysis) is 1. The highest BCUT2D eigenvalue weighted by molar-refractivity contribution is 5.67. The summed E-state index contributed by atoms with van der Waals surface area (Å²) in [6.07, 6.45) is 2.18. The number of β-amino-alcohol motifs (C(OH)–C–C–N with tert-alkyl or cyclic N) is 1. The molecule has 162 valence electrons. The van der Waals surface area contributed by atoms with E-state index in [0.717, 1.165) is 28.3 Å². The van der Waals surface area contributed by atoms with Crippen molar-refractivity contribution in [2.75, 3.05) is 13.7 Å². The minimum Gasteiger partial charge on any atom is -0.497 e. The fourth-order valence-electron chi connectivity index (χ4n) is 3.68. The Morgan fingerprint density at radius 2 is 1.90 bits per heavy atom. The van der Waals surface area contributed by atoms with Gasteiger partial charge in [-0.05, 0) is 29.7 Å². The second-order valence-corrected chi connectivity index (χ2v) is 7.49. The van der Waals surface area contributed by atoms with Crippen molar-refractivity contribution < 1.29 is 19.4 Å². The van der Waals surface area contributed by atoms with Crippen molar-refractivity contribution in [1.82, 2.24) is 20.6 Å². The number of aromatic amines is 1. The molecule has 8 nitrogen and oxygen atoms in total. The van der Waals surface area contributed by atoms with Crippen LogP contribution in [0, 0.1) is 0 Å². The van der Waals surface area contributed by atoms with E-state index in [4.69, 9.17) is 9.47 Å². The molecule has 8 heteroatoms. The number of hydrogen-bond acceptors (Lipinski definition) is 6. The maximum atomic E-state index is 12.3. The van der Waals surface area contributed by atoms with Gasteiger partial charge in [0.1, 0.15) is 23.8 Å². The minimum atomic E-state index is -0.749. The summed E-state index contributed by atoms with van der Waals surface area (Å²) in [6, 6.07) is 15.3. The van der Waals surface area contributed by atoms with Gasteiger partial charge in [-0.25, -0.2) is 9.78 Å². The van der Waals surface area contributed by atoms with Gasteiger partial charge >= 0.3 is 6.09 Å². The SMILES string of the molecule is COc1ccc(C[C@H]2NC[C@H](O)[C@H]2OC(=O)NCc2ccc(-c3ncc[nH]3)cc2)cc1. The molecular formula is C23H26N4O4. The van der Waals surface area contributed by atoms with E-state index in [-0.39, 0.29) is 6.04 Å². The smallest absolute Gasteiger partial charge is 0.407 e. The van der Waals surface area contributed by atoms with Crippen LogP contribution in [0.15, 0.2) is 60.9 Å². The highest BCUT2D eigenvalue weighted by atomic mass is 16.6. The number of carbonyl (C=O) groups excluding carboxylic acids is 1. The van der Waals surface area contributed by atoms with E-state index in [2.05, 4.69) is 20.6 Å². The first-order valence-electron chi connectivity index (χ1n) is 10.2. The van der Waals surface area contributed by atoms with Gasteiger partial charge < -0.3 is 30.2 Å². The molecule has 1 aromatic heterocycles. The van der Waals surface area contributed by atoms with Crippen molar-refractivity contribution in [1.29, 1.82) is 0 Å². The Bertz CT molecular complexity index is 974. The van der Waals surface area contributed by atoms with Crippen LogP contribution in [0.2, 0.25) is 0 Å². The van der Waals surface area contributed by atoms with E-state index >= 15 is 0 Å². The van der Waals surface area contributed by atoms with E-state index < -0.39 is 18.3 Å². The van der Waals surface area contributed by atoms with Gasteiger partial charge in [-0.15, -0.1) is 0 Å². The van der Waals surface area contributed by atoms with Crippen LogP contribution in [-0.4, -0.2) is 53.1 Å². The van der Waals surface area contributed by atoms with Crippen LogP contribution in [0.1, 0.15) is 11.1 Å². The molecular weight excluding hydrogens is 396 g/mol. The molecule has 0 spiro atoms. The van der Waals surface area contributed by atoms with Crippen LogP contribution in [0.3, 0.4) is 0 Å². The largest absolute Gasteiger partial charge is 0.497 e. The van der Waals surface area contributed by atoms with Gasteiger partial charge in [-0.3, -0.25) is 0 Å². The number of H-pyrrole nitrogens is 1. The Kier molecular flexibility index (Phi) is 6.49. The topological polar surface area (TPSA) is 108 Å². The standard InChI is InChI=1S/C23H26N4O4/c1-30-18-8-4-15(5-9-18)12-19-21(20(28)14-26-19)31-23(29)27-13-16-2-6-17(7-3-16)22-24-10-11-25-22/h2-11,19-21,26,28H,12-14H2,1H3,(H,24,25)(H,27,29)/t19-,20+,21+/m1/s1. The number of carbonyl (C=O) groups is 1. The lowest BCUT2D eigenvalue weighted by molar-refractivity contribution is 0.0188. The lowest BCUT2D eigenvalue weighted by Gasteiger charge is -2.22. The summed E-state index contributed by atoms with van der Waals surface area (Å²) in [6.45, 7) is 0.712. The molecule has 4 N–H and O–H groups in total. The van der Waals surface area contributed by atoms with Crippen molar-refractivity contribution in [3.05, 3.63) is 72.1 Å². The predicted octanol–water partition coefficient (Wildman–Crippen LogP) is 2.26. The van der Waals surface area contributed by atoms with Gasteiger partial charge in [0, 0.05) is 31.0 Å². The maximum absolute atomic E-state index is 12.3.